The quantitative estimate of drug-likeness (QED) is 0.670. The van der Waals surface area contributed by atoms with Gasteiger partial charge in [-0.15, -0.1) is 0 Å². The molecule has 0 aromatic carbocycles. The van der Waals surface area contributed by atoms with Crippen LogP contribution in [0.5, 0.6) is 0 Å². The lowest BCUT2D eigenvalue weighted by molar-refractivity contribution is -0.148. The number of nitrogens with zero attached hydrogens (tertiary/aromatic N) is 1. The van der Waals surface area contributed by atoms with Crippen LogP contribution in [0.25, 0.3) is 0 Å². The van der Waals surface area contributed by atoms with Gasteiger partial charge in [-0.25, -0.2) is 4.98 Å². The molecule has 0 atom stereocenters. The molecule has 0 radical (unpaired) electrons. The van der Waals surface area contributed by atoms with Crippen LogP contribution in [0.4, 0.5) is 5.69 Å². The minimum absolute atomic E-state index is 0.208. The Morgan fingerprint density at radius 3 is 2.81 bits per heavy atom. The number of carbonyl (C=O) groups is 2. The van der Waals surface area contributed by atoms with Crippen LogP contribution >= 0.6 is 11.6 Å². The molecule has 1 aromatic rings. The highest BCUT2D eigenvalue weighted by Crippen LogP contribution is 2.26. The van der Waals surface area contributed by atoms with Crippen LogP contribution in [0.1, 0.15) is 38.5 Å². The molecule has 0 aliphatic heterocycles. The van der Waals surface area contributed by atoms with Crippen molar-refractivity contribution < 1.29 is 14.3 Å². The van der Waals surface area contributed by atoms with Crippen molar-refractivity contribution >= 4 is 29.2 Å². The molecule has 114 valence electrons. The molecule has 1 amide bonds. The maximum Gasteiger partial charge on any atom is 0.306 e. The standard InChI is InChI=1S/C15H19ClN2O3/c16-15-12(7-4-8-17-15)18-13(19)10-21-14(20)9-11-5-2-1-3-6-11/h4,7-8,11H,1-3,5-6,9-10H2,(H,18,19). The van der Waals surface area contributed by atoms with Gasteiger partial charge in [0, 0.05) is 12.6 Å². The topological polar surface area (TPSA) is 68.3 Å². The van der Waals surface area contributed by atoms with Gasteiger partial charge in [-0.2, -0.15) is 0 Å². The van der Waals surface area contributed by atoms with Crippen LogP contribution in [0.3, 0.4) is 0 Å². The fraction of sp³-hybridized carbons (Fsp3) is 0.533. The monoisotopic (exact) mass is 310 g/mol. The van der Waals surface area contributed by atoms with E-state index in [0.717, 1.165) is 12.8 Å². The molecule has 0 bridgehead atoms. The number of hydrogen-bond acceptors (Lipinski definition) is 4. The van der Waals surface area contributed by atoms with Crippen molar-refractivity contribution in [2.24, 2.45) is 5.92 Å². The summed E-state index contributed by atoms with van der Waals surface area (Å²) in [5, 5.41) is 2.77. The SMILES string of the molecule is O=C(COC(=O)CC1CCCCC1)Nc1cccnc1Cl. The second-order valence-electron chi connectivity index (χ2n) is 5.26. The third-order valence-electron chi connectivity index (χ3n) is 3.58. The number of nitrogens with one attached hydrogen (secondary N) is 1. The van der Waals surface area contributed by atoms with E-state index in [0.29, 0.717) is 18.0 Å². The van der Waals surface area contributed by atoms with Gasteiger partial charge in [0.15, 0.2) is 11.8 Å². The summed E-state index contributed by atoms with van der Waals surface area (Å²) >= 11 is 5.83. The van der Waals surface area contributed by atoms with Gasteiger partial charge in [0.1, 0.15) is 0 Å². The molecule has 1 aliphatic rings. The number of anilines is 1. The Morgan fingerprint density at radius 1 is 1.33 bits per heavy atom. The zero-order valence-electron chi connectivity index (χ0n) is 11.8. The predicted molar refractivity (Wildman–Crippen MR) is 80.0 cm³/mol. The summed E-state index contributed by atoms with van der Waals surface area (Å²) in [5.41, 5.74) is 0.410. The minimum atomic E-state index is -0.415. The fourth-order valence-electron chi connectivity index (χ4n) is 2.50. The van der Waals surface area contributed by atoms with Crippen LogP contribution in [-0.4, -0.2) is 23.5 Å². The maximum atomic E-state index is 11.7. The Kier molecular flexibility index (Phi) is 5.99. The highest BCUT2D eigenvalue weighted by atomic mass is 35.5. The molecule has 21 heavy (non-hydrogen) atoms. The van der Waals surface area contributed by atoms with E-state index in [-0.39, 0.29) is 17.7 Å². The highest BCUT2D eigenvalue weighted by Gasteiger charge is 2.18. The molecule has 1 N–H and O–H groups in total. The number of amides is 1. The van der Waals surface area contributed by atoms with E-state index < -0.39 is 5.91 Å². The first-order valence-electron chi connectivity index (χ1n) is 7.21. The smallest absolute Gasteiger partial charge is 0.306 e. The summed E-state index contributed by atoms with van der Waals surface area (Å²) < 4.78 is 5.00. The Balaban J connectivity index is 1.71. The summed E-state index contributed by atoms with van der Waals surface area (Å²) in [4.78, 5) is 27.2. The zero-order valence-corrected chi connectivity index (χ0v) is 12.6. The fourth-order valence-corrected chi connectivity index (χ4v) is 2.66. The van der Waals surface area contributed by atoms with Gasteiger partial charge in [0.25, 0.3) is 5.91 Å². The van der Waals surface area contributed by atoms with Crippen LogP contribution in [-0.2, 0) is 14.3 Å². The first-order chi connectivity index (χ1) is 10.1. The van der Waals surface area contributed by atoms with E-state index >= 15 is 0 Å². The second kappa shape index (κ2) is 7.98. The van der Waals surface area contributed by atoms with Gasteiger partial charge >= 0.3 is 5.97 Å². The highest BCUT2D eigenvalue weighted by molar-refractivity contribution is 6.32. The van der Waals surface area contributed by atoms with Crippen molar-refractivity contribution in [1.82, 2.24) is 4.98 Å². The molecule has 1 saturated carbocycles. The molecule has 0 spiro atoms. The zero-order chi connectivity index (χ0) is 15.1. The molecule has 1 aromatic heterocycles. The Labute approximate surface area is 129 Å². The minimum Gasteiger partial charge on any atom is -0.456 e. The average molecular weight is 311 g/mol. The summed E-state index contributed by atoms with van der Waals surface area (Å²) in [6.07, 6.45) is 7.69. The number of esters is 1. The number of aromatic nitrogens is 1. The van der Waals surface area contributed by atoms with E-state index in [9.17, 15) is 9.59 Å². The molecule has 1 aliphatic carbocycles. The van der Waals surface area contributed by atoms with Crippen LogP contribution < -0.4 is 5.32 Å². The van der Waals surface area contributed by atoms with E-state index in [1.807, 2.05) is 0 Å². The molecular weight excluding hydrogens is 292 g/mol. The number of pyridine rings is 1. The largest absolute Gasteiger partial charge is 0.456 e. The Morgan fingerprint density at radius 2 is 2.10 bits per heavy atom. The Bertz CT molecular complexity index is 501. The lowest BCUT2D eigenvalue weighted by Gasteiger charge is -2.20. The van der Waals surface area contributed by atoms with Gasteiger partial charge in [0.2, 0.25) is 0 Å². The van der Waals surface area contributed by atoms with Crippen LogP contribution in [0.2, 0.25) is 5.15 Å². The summed E-state index contributed by atoms with van der Waals surface area (Å²) in [5.74, 6) is -0.321. The van der Waals surface area contributed by atoms with Crippen LogP contribution in [0, 0.1) is 5.92 Å². The summed E-state index contributed by atoms with van der Waals surface area (Å²) in [7, 11) is 0. The number of carbonyl (C=O) groups excluding carboxylic acids is 2. The van der Waals surface area contributed by atoms with E-state index in [1.54, 1.807) is 12.1 Å². The van der Waals surface area contributed by atoms with Crippen molar-refractivity contribution in [3.8, 4) is 0 Å². The average Bonchev–Trinajstić information content (AvgIpc) is 2.49. The number of rotatable bonds is 5. The van der Waals surface area contributed by atoms with Gasteiger partial charge in [-0.1, -0.05) is 30.9 Å². The van der Waals surface area contributed by atoms with Crippen molar-refractivity contribution in [2.75, 3.05) is 11.9 Å². The Hall–Kier alpha value is -1.62. The molecular formula is C15H19ClN2O3. The number of ether oxygens (including phenoxy) is 1. The van der Waals surface area contributed by atoms with Gasteiger partial charge in [-0.05, 0) is 30.9 Å². The van der Waals surface area contributed by atoms with Crippen molar-refractivity contribution in [1.29, 1.82) is 0 Å². The van der Waals surface area contributed by atoms with Crippen molar-refractivity contribution in [3.63, 3.8) is 0 Å². The van der Waals surface area contributed by atoms with E-state index in [1.165, 1.54) is 25.5 Å². The normalized spacial score (nSPS) is 15.5. The van der Waals surface area contributed by atoms with Crippen LogP contribution in [0.15, 0.2) is 18.3 Å². The summed E-state index contributed by atoms with van der Waals surface area (Å²) in [6, 6.07) is 3.30. The number of halogens is 1. The molecule has 6 heteroatoms. The van der Waals surface area contributed by atoms with Gasteiger partial charge < -0.3 is 10.1 Å². The lowest BCUT2D eigenvalue weighted by Crippen LogP contribution is -2.22. The molecule has 1 fully saturated rings. The van der Waals surface area contributed by atoms with Crippen molar-refractivity contribution in [2.45, 2.75) is 38.5 Å². The van der Waals surface area contributed by atoms with E-state index in [4.69, 9.17) is 16.3 Å². The summed E-state index contributed by atoms with van der Waals surface area (Å²) in [6.45, 7) is -0.295. The lowest BCUT2D eigenvalue weighted by atomic mass is 9.87. The molecule has 5 nitrogen and oxygen atoms in total. The number of hydrogen-bond donors (Lipinski definition) is 1. The van der Waals surface area contributed by atoms with Gasteiger partial charge in [0.05, 0.1) is 5.69 Å². The molecule has 2 rings (SSSR count). The third-order valence-corrected chi connectivity index (χ3v) is 3.88. The predicted octanol–water partition coefficient (Wildman–Crippen LogP) is 3.19. The second-order valence-corrected chi connectivity index (χ2v) is 5.62. The first-order valence-corrected chi connectivity index (χ1v) is 7.59. The molecule has 0 saturated heterocycles. The molecule has 1 heterocycles. The maximum absolute atomic E-state index is 11.7. The third kappa shape index (κ3) is 5.34. The van der Waals surface area contributed by atoms with Crippen molar-refractivity contribution in [3.05, 3.63) is 23.5 Å². The first kappa shape index (κ1) is 15.8. The molecule has 0 unspecified atom stereocenters. The van der Waals surface area contributed by atoms with Gasteiger partial charge in [-0.3, -0.25) is 9.59 Å². The van der Waals surface area contributed by atoms with E-state index in [2.05, 4.69) is 10.3 Å².